The molecule has 0 aromatic heterocycles. The maximum absolute atomic E-state index is 14.6. The molecule has 0 fully saturated rings. The molecule has 0 spiro atoms. The number of hydrogen-bond acceptors (Lipinski definition) is 5. The predicted octanol–water partition coefficient (Wildman–Crippen LogP) is 6.74. The van der Waals surface area contributed by atoms with Gasteiger partial charge in [-0.1, -0.05) is 65.3 Å². The summed E-state index contributed by atoms with van der Waals surface area (Å²) in [6, 6.07) is 26.4. The second kappa shape index (κ2) is 16.6. The number of rotatable bonds is 15. The van der Waals surface area contributed by atoms with Gasteiger partial charge >= 0.3 is 0 Å². The molecule has 4 aromatic carbocycles. The van der Waals surface area contributed by atoms with Crippen molar-refractivity contribution in [1.29, 1.82) is 0 Å². The highest BCUT2D eigenvalue weighted by atomic mass is 79.9. The van der Waals surface area contributed by atoms with Crippen LogP contribution in [0.5, 0.6) is 5.75 Å². The maximum atomic E-state index is 14.6. The molecule has 0 unspecified atom stereocenters. The van der Waals surface area contributed by atoms with Crippen molar-refractivity contribution >= 4 is 43.5 Å². The lowest BCUT2D eigenvalue weighted by atomic mass is 10.0. The molecule has 0 heterocycles. The zero-order valence-electron chi connectivity index (χ0n) is 26.6. The van der Waals surface area contributed by atoms with E-state index in [1.54, 1.807) is 24.3 Å². The van der Waals surface area contributed by atoms with Crippen molar-refractivity contribution in [2.45, 2.75) is 57.1 Å². The quantitative estimate of drug-likeness (QED) is 0.147. The lowest BCUT2D eigenvalue weighted by Gasteiger charge is -2.34. The van der Waals surface area contributed by atoms with Crippen LogP contribution in [-0.4, -0.2) is 50.4 Å². The number of carbonyl (C=O) groups excluding carboxylic acids is 2. The van der Waals surface area contributed by atoms with Crippen LogP contribution in [0.2, 0.25) is 0 Å². The summed E-state index contributed by atoms with van der Waals surface area (Å²) in [7, 11) is -4.36. The molecule has 1 N–H and O–H groups in total. The summed E-state index contributed by atoms with van der Waals surface area (Å²) >= 11 is 3.49. The Morgan fingerprint density at radius 3 is 2.17 bits per heavy atom. The summed E-state index contributed by atoms with van der Waals surface area (Å²) in [6.07, 6.45) is 0.890. The fraction of sp³-hybridized carbons (Fsp3) is 0.278. The third kappa shape index (κ3) is 9.65. The molecule has 2 atom stereocenters. The second-order valence-corrected chi connectivity index (χ2v) is 13.8. The number of nitrogens with zero attached hydrogens (tertiary/aromatic N) is 2. The van der Waals surface area contributed by atoms with E-state index in [-0.39, 0.29) is 35.5 Å². The Morgan fingerprint density at radius 1 is 0.894 bits per heavy atom. The van der Waals surface area contributed by atoms with E-state index in [1.807, 2.05) is 75.4 Å². The van der Waals surface area contributed by atoms with Gasteiger partial charge in [-0.25, -0.2) is 12.8 Å². The van der Waals surface area contributed by atoms with Gasteiger partial charge in [-0.05, 0) is 92.1 Å². The minimum atomic E-state index is -4.36. The first-order chi connectivity index (χ1) is 22.5. The fourth-order valence-electron chi connectivity index (χ4n) is 4.96. The van der Waals surface area contributed by atoms with Gasteiger partial charge in [0.15, 0.2) is 0 Å². The van der Waals surface area contributed by atoms with Crippen LogP contribution in [0.3, 0.4) is 0 Å². The molecule has 8 nitrogen and oxygen atoms in total. The topological polar surface area (TPSA) is 96.0 Å². The average molecular weight is 725 g/mol. The Kier molecular flexibility index (Phi) is 12.6. The Labute approximate surface area is 284 Å². The van der Waals surface area contributed by atoms with Crippen LogP contribution in [0, 0.1) is 5.82 Å². The van der Waals surface area contributed by atoms with Crippen LogP contribution in [0.4, 0.5) is 10.1 Å². The van der Waals surface area contributed by atoms with Gasteiger partial charge in [0.1, 0.15) is 24.2 Å². The van der Waals surface area contributed by atoms with E-state index in [0.29, 0.717) is 18.8 Å². The van der Waals surface area contributed by atoms with Gasteiger partial charge in [-0.15, -0.1) is 0 Å². The number of amides is 2. The molecule has 47 heavy (non-hydrogen) atoms. The van der Waals surface area contributed by atoms with Gasteiger partial charge in [0.2, 0.25) is 11.8 Å². The van der Waals surface area contributed by atoms with E-state index in [0.717, 1.165) is 44.2 Å². The molecule has 0 aliphatic heterocycles. The lowest BCUT2D eigenvalue weighted by molar-refractivity contribution is -0.140. The molecule has 0 saturated heterocycles. The SMILES string of the molecule is CCOc1ccc(N(CC(=O)N(Cc2cccc(Br)c2)[C@H](Cc2ccccc2)C(=O)N[C@H](C)CC)S(=O)(=O)c2ccc(F)cc2)cc1. The van der Waals surface area contributed by atoms with Crippen molar-refractivity contribution in [1.82, 2.24) is 10.2 Å². The highest BCUT2D eigenvalue weighted by Crippen LogP contribution is 2.27. The summed E-state index contributed by atoms with van der Waals surface area (Å²) in [5.41, 5.74) is 1.79. The first-order valence-corrected chi connectivity index (χ1v) is 17.6. The van der Waals surface area contributed by atoms with Crippen LogP contribution in [0.15, 0.2) is 112 Å². The minimum Gasteiger partial charge on any atom is -0.494 e. The Morgan fingerprint density at radius 2 is 1.55 bits per heavy atom. The molecule has 11 heteroatoms. The van der Waals surface area contributed by atoms with Crippen molar-refractivity contribution in [3.8, 4) is 5.75 Å². The van der Waals surface area contributed by atoms with Crippen molar-refractivity contribution in [3.05, 3.63) is 125 Å². The Hall–Kier alpha value is -4.22. The fourth-order valence-corrected chi connectivity index (χ4v) is 6.83. The van der Waals surface area contributed by atoms with E-state index in [2.05, 4.69) is 21.2 Å². The third-order valence-electron chi connectivity index (χ3n) is 7.63. The van der Waals surface area contributed by atoms with E-state index in [9.17, 15) is 22.4 Å². The van der Waals surface area contributed by atoms with Crippen LogP contribution in [0.1, 0.15) is 38.3 Å². The molecular formula is C36H39BrFN3O5S. The largest absolute Gasteiger partial charge is 0.494 e. The van der Waals surface area contributed by atoms with Crippen LogP contribution in [0.25, 0.3) is 0 Å². The van der Waals surface area contributed by atoms with Crippen molar-refractivity contribution in [2.24, 2.45) is 0 Å². The number of benzene rings is 4. The third-order valence-corrected chi connectivity index (χ3v) is 9.91. The van der Waals surface area contributed by atoms with Crippen molar-refractivity contribution in [2.75, 3.05) is 17.5 Å². The summed E-state index contributed by atoms with van der Waals surface area (Å²) in [5.74, 6) is -1.00. The van der Waals surface area contributed by atoms with Crippen LogP contribution in [-0.2, 0) is 32.6 Å². The van der Waals surface area contributed by atoms with Gasteiger partial charge in [0.05, 0.1) is 17.2 Å². The molecule has 0 radical (unpaired) electrons. The lowest BCUT2D eigenvalue weighted by Crippen LogP contribution is -2.54. The standard InChI is InChI=1S/C36H39BrFN3O5S/c1-4-26(3)39-36(43)34(23-27-10-7-6-8-11-27)40(24-28-12-9-13-29(37)22-28)35(42)25-41(31-16-18-32(19-17-31)46-5-2)47(44,45)33-20-14-30(38)15-21-33/h6-22,26,34H,4-5,23-25H2,1-3H3,(H,39,43)/t26-,34-/m1/s1. The molecule has 2 amide bonds. The molecule has 0 saturated carbocycles. The summed E-state index contributed by atoms with van der Waals surface area (Å²) in [5, 5.41) is 3.02. The Balaban J connectivity index is 1.81. The van der Waals surface area contributed by atoms with Gasteiger partial charge in [0.25, 0.3) is 10.0 Å². The number of halogens is 2. The maximum Gasteiger partial charge on any atom is 0.264 e. The highest BCUT2D eigenvalue weighted by molar-refractivity contribution is 9.10. The van der Waals surface area contributed by atoms with E-state index in [4.69, 9.17) is 4.74 Å². The average Bonchev–Trinajstić information content (AvgIpc) is 3.06. The van der Waals surface area contributed by atoms with Gasteiger partial charge in [-0.3, -0.25) is 13.9 Å². The van der Waals surface area contributed by atoms with E-state index >= 15 is 0 Å². The number of ether oxygens (including phenoxy) is 1. The molecule has 0 aliphatic rings. The number of carbonyl (C=O) groups is 2. The van der Waals surface area contributed by atoms with Gasteiger partial charge in [0, 0.05) is 23.5 Å². The normalized spacial score (nSPS) is 12.5. The molecular weight excluding hydrogens is 685 g/mol. The first kappa shape index (κ1) is 35.6. The van der Waals surface area contributed by atoms with Crippen molar-refractivity contribution in [3.63, 3.8) is 0 Å². The first-order valence-electron chi connectivity index (χ1n) is 15.4. The molecule has 0 bridgehead atoms. The highest BCUT2D eigenvalue weighted by Gasteiger charge is 2.35. The van der Waals surface area contributed by atoms with Crippen LogP contribution < -0.4 is 14.4 Å². The predicted molar refractivity (Wildman–Crippen MR) is 185 cm³/mol. The van der Waals surface area contributed by atoms with Crippen LogP contribution >= 0.6 is 15.9 Å². The number of anilines is 1. The second-order valence-electron chi connectivity index (χ2n) is 11.1. The molecule has 4 aromatic rings. The number of sulfonamides is 1. The number of hydrogen-bond donors (Lipinski definition) is 1. The molecule has 248 valence electrons. The van der Waals surface area contributed by atoms with E-state index in [1.165, 1.54) is 4.90 Å². The zero-order chi connectivity index (χ0) is 34.0. The number of nitrogens with one attached hydrogen (secondary N) is 1. The molecule has 0 aliphatic carbocycles. The van der Waals surface area contributed by atoms with Gasteiger partial charge < -0.3 is 15.0 Å². The smallest absolute Gasteiger partial charge is 0.264 e. The Bertz CT molecular complexity index is 1740. The monoisotopic (exact) mass is 723 g/mol. The van der Waals surface area contributed by atoms with E-state index < -0.39 is 34.3 Å². The van der Waals surface area contributed by atoms with Gasteiger partial charge in [-0.2, -0.15) is 0 Å². The van der Waals surface area contributed by atoms with Crippen molar-refractivity contribution < 1.29 is 27.1 Å². The minimum absolute atomic E-state index is 0.0391. The summed E-state index contributed by atoms with van der Waals surface area (Å²) < 4.78 is 49.3. The molecule has 4 rings (SSSR count). The summed E-state index contributed by atoms with van der Waals surface area (Å²) in [4.78, 5) is 29.7. The zero-order valence-corrected chi connectivity index (χ0v) is 29.0. The summed E-state index contributed by atoms with van der Waals surface area (Å²) in [6.45, 7) is 5.51.